The van der Waals surface area contributed by atoms with E-state index in [-0.39, 0.29) is 18.4 Å². The van der Waals surface area contributed by atoms with Gasteiger partial charge in [-0.25, -0.2) is 4.98 Å². The highest BCUT2D eigenvalue weighted by atomic mass is 16.5. The Morgan fingerprint density at radius 2 is 1.70 bits per heavy atom. The average molecular weight is 696 g/mol. The fourth-order valence-electron chi connectivity index (χ4n) is 7.24. The van der Waals surface area contributed by atoms with Crippen LogP contribution in [0.2, 0.25) is 0 Å². The Morgan fingerprint density at radius 1 is 0.940 bits per heavy atom. The zero-order valence-corrected chi connectivity index (χ0v) is 30.0. The molecular formula is C36H61N11O3. The van der Waals surface area contributed by atoms with E-state index in [1.807, 2.05) is 21.8 Å². The van der Waals surface area contributed by atoms with Gasteiger partial charge in [0.1, 0.15) is 17.6 Å². The molecule has 3 aliphatic rings. The van der Waals surface area contributed by atoms with Gasteiger partial charge in [0.15, 0.2) is 0 Å². The van der Waals surface area contributed by atoms with E-state index in [0.717, 1.165) is 82.3 Å². The number of esters is 1. The minimum absolute atomic E-state index is 0.0362. The molecule has 1 amide bonds. The molecule has 2 aliphatic carbocycles. The lowest BCUT2D eigenvalue weighted by Gasteiger charge is -2.33. The predicted octanol–water partition coefficient (Wildman–Crippen LogP) is 3.61. The maximum absolute atomic E-state index is 12.8. The number of nitrogens with zero attached hydrogens (tertiary/aromatic N) is 6. The molecule has 50 heavy (non-hydrogen) atoms. The standard InChI is InChI=1S/C36H61N11O3/c37-32(35(49)50-27-28-9-3-1-4-10-28)13-14-34(48)46-23-16-30(17-24-46)42-33-15-21-40-36(43-33)41-25-31-26-47(45-44-31)22-8-19-38-18-7-20-39-29-11-5-2-6-12-29/h15,21,26,28-30,32,38-39H,1-14,16-20,22-25,27,37H2,(H2,40,41,42,43). The number of piperidine rings is 1. The first-order valence-corrected chi connectivity index (χ1v) is 19.4. The van der Waals surface area contributed by atoms with Crippen LogP contribution in [0.5, 0.6) is 0 Å². The first-order chi connectivity index (χ1) is 24.5. The molecule has 2 saturated carbocycles. The van der Waals surface area contributed by atoms with Crippen molar-refractivity contribution in [3.63, 3.8) is 0 Å². The summed E-state index contributed by atoms with van der Waals surface area (Å²) in [6.45, 7) is 6.16. The molecular weight excluding hydrogens is 634 g/mol. The number of aromatic nitrogens is 5. The van der Waals surface area contributed by atoms with Gasteiger partial charge in [0.2, 0.25) is 11.9 Å². The van der Waals surface area contributed by atoms with Gasteiger partial charge in [0.05, 0.1) is 19.3 Å². The molecule has 3 heterocycles. The van der Waals surface area contributed by atoms with Crippen LogP contribution in [-0.4, -0.2) is 99.2 Å². The summed E-state index contributed by atoms with van der Waals surface area (Å²) in [6, 6.07) is 2.04. The van der Waals surface area contributed by atoms with Crippen molar-refractivity contribution in [3.05, 3.63) is 24.2 Å². The van der Waals surface area contributed by atoms with Crippen LogP contribution in [0.25, 0.3) is 0 Å². The van der Waals surface area contributed by atoms with E-state index in [1.165, 1.54) is 51.4 Å². The van der Waals surface area contributed by atoms with Gasteiger partial charge in [-0.3, -0.25) is 14.3 Å². The summed E-state index contributed by atoms with van der Waals surface area (Å²) in [5, 5.41) is 22.6. The van der Waals surface area contributed by atoms with E-state index >= 15 is 0 Å². The quantitative estimate of drug-likeness (QED) is 0.101. The van der Waals surface area contributed by atoms with Crippen molar-refractivity contribution >= 4 is 23.6 Å². The monoisotopic (exact) mass is 695 g/mol. The lowest BCUT2D eigenvalue weighted by Crippen LogP contribution is -2.43. The first kappa shape index (κ1) is 37.9. The average Bonchev–Trinajstić information content (AvgIpc) is 3.62. The van der Waals surface area contributed by atoms with Gasteiger partial charge < -0.3 is 36.6 Å². The SMILES string of the molecule is NC(CCC(=O)N1CCC(Nc2ccnc(NCc3cn(CCCNCCCNC4CCCCC4)nn3)n2)CC1)C(=O)OCC1CCCCC1. The Hall–Kier alpha value is -3.36. The molecule has 5 rings (SSSR count). The minimum atomic E-state index is -0.755. The van der Waals surface area contributed by atoms with Crippen molar-refractivity contribution in [3.8, 4) is 0 Å². The number of anilines is 2. The number of carbonyl (C=O) groups is 2. The summed E-state index contributed by atoms with van der Waals surface area (Å²) in [7, 11) is 0. The third-order valence-electron chi connectivity index (χ3n) is 10.3. The second-order valence-electron chi connectivity index (χ2n) is 14.4. The molecule has 3 fully saturated rings. The van der Waals surface area contributed by atoms with Crippen LogP contribution in [0.3, 0.4) is 0 Å². The van der Waals surface area contributed by atoms with E-state index in [4.69, 9.17) is 10.5 Å². The number of carbonyl (C=O) groups excluding carboxylic acids is 2. The van der Waals surface area contributed by atoms with Gasteiger partial charge in [-0.1, -0.05) is 43.7 Å². The first-order valence-electron chi connectivity index (χ1n) is 19.4. The third kappa shape index (κ3) is 13.4. The summed E-state index contributed by atoms with van der Waals surface area (Å²) in [5.74, 6) is 1.36. The van der Waals surface area contributed by atoms with E-state index in [9.17, 15) is 9.59 Å². The van der Waals surface area contributed by atoms with Crippen LogP contribution in [0.1, 0.15) is 108 Å². The molecule has 1 unspecified atom stereocenters. The number of likely N-dealkylation sites (tertiary alicyclic amines) is 1. The molecule has 2 aromatic heterocycles. The van der Waals surface area contributed by atoms with Crippen molar-refractivity contribution in [2.75, 3.05) is 50.0 Å². The number of hydrogen-bond acceptors (Lipinski definition) is 12. The number of rotatable bonds is 20. The zero-order chi connectivity index (χ0) is 34.8. The number of nitrogens with one attached hydrogen (secondary N) is 4. The van der Waals surface area contributed by atoms with Gasteiger partial charge in [-0.05, 0) is 89.4 Å². The highest BCUT2D eigenvalue weighted by Crippen LogP contribution is 2.24. The Morgan fingerprint density at radius 3 is 2.50 bits per heavy atom. The summed E-state index contributed by atoms with van der Waals surface area (Å²) in [5.41, 5.74) is 6.89. The molecule has 14 nitrogen and oxygen atoms in total. The molecule has 2 aromatic rings. The molecule has 1 atom stereocenters. The second kappa shape index (κ2) is 21.1. The van der Waals surface area contributed by atoms with Crippen molar-refractivity contribution in [1.29, 1.82) is 0 Å². The van der Waals surface area contributed by atoms with E-state index in [2.05, 4.69) is 41.5 Å². The highest BCUT2D eigenvalue weighted by Gasteiger charge is 2.25. The largest absolute Gasteiger partial charge is 0.464 e. The third-order valence-corrected chi connectivity index (χ3v) is 10.3. The Labute approximate surface area is 297 Å². The molecule has 1 aliphatic heterocycles. The van der Waals surface area contributed by atoms with Crippen LogP contribution in [-0.2, 0) is 27.4 Å². The van der Waals surface area contributed by atoms with Gasteiger partial charge in [-0.2, -0.15) is 4.98 Å². The molecule has 278 valence electrons. The van der Waals surface area contributed by atoms with Crippen molar-refractivity contribution in [2.45, 2.75) is 134 Å². The number of aryl methyl sites for hydroxylation is 1. The second-order valence-corrected chi connectivity index (χ2v) is 14.4. The van der Waals surface area contributed by atoms with Gasteiger partial charge >= 0.3 is 5.97 Å². The molecule has 0 bridgehead atoms. The van der Waals surface area contributed by atoms with E-state index in [0.29, 0.717) is 44.5 Å². The van der Waals surface area contributed by atoms with E-state index < -0.39 is 12.0 Å². The maximum atomic E-state index is 12.8. The van der Waals surface area contributed by atoms with Crippen LogP contribution < -0.4 is 27.0 Å². The Balaban J connectivity index is 0.908. The van der Waals surface area contributed by atoms with E-state index in [1.54, 1.807) is 6.20 Å². The van der Waals surface area contributed by atoms with Crippen LogP contribution in [0, 0.1) is 5.92 Å². The van der Waals surface area contributed by atoms with Crippen molar-refractivity contribution in [2.24, 2.45) is 11.7 Å². The van der Waals surface area contributed by atoms with Gasteiger partial charge in [0.25, 0.3) is 0 Å². The van der Waals surface area contributed by atoms with Crippen LogP contribution >= 0.6 is 0 Å². The molecule has 1 saturated heterocycles. The van der Waals surface area contributed by atoms with Crippen molar-refractivity contribution < 1.29 is 14.3 Å². The normalized spacial score (nSPS) is 18.5. The van der Waals surface area contributed by atoms with Crippen molar-refractivity contribution in [1.82, 2.24) is 40.5 Å². The summed E-state index contributed by atoms with van der Waals surface area (Å²) >= 11 is 0. The zero-order valence-electron chi connectivity index (χ0n) is 30.0. The molecule has 0 spiro atoms. The molecule has 14 heteroatoms. The van der Waals surface area contributed by atoms with Crippen LogP contribution in [0.15, 0.2) is 18.5 Å². The fourth-order valence-corrected chi connectivity index (χ4v) is 7.24. The molecule has 6 N–H and O–H groups in total. The summed E-state index contributed by atoms with van der Waals surface area (Å²) in [4.78, 5) is 36.0. The maximum Gasteiger partial charge on any atom is 0.322 e. The smallest absolute Gasteiger partial charge is 0.322 e. The number of ether oxygens (including phenoxy) is 1. The number of hydrogen-bond donors (Lipinski definition) is 5. The number of nitrogens with two attached hydrogens (primary N) is 1. The lowest BCUT2D eigenvalue weighted by atomic mass is 9.90. The molecule has 0 aromatic carbocycles. The Bertz CT molecular complexity index is 1270. The molecule has 0 radical (unpaired) electrons. The predicted molar refractivity (Wildman–Crippen MR) is 194 cm³/mol. The summed E-state index contributed by atoms with van der Waals surface area (Å²) < 4.78 is 7.35. The lowest BCUT2D eigenvalue weighted by molar-refractivity contribution is -0.147. The van der Waals surface area contributed by atoms with Gasteiger partial charge in [-0.15, -0.1) is 5.10 Å². The van der Waals surface area contributed by atoms with Gasteiger partial charge in [0, 0.05) is 44.3 Å². The summed E-state index contributed by atoms with van der Waals surface area (Å²) in [6.07, 6.45) is 20.8. The topological polar surface area (TPSA) is 177 Å². The number of amides is 1. The minimum Gasteiger partial charge on any atom is -0.464 e. The Kier molecular flexibility index (Phi) is 16.0. The highest BCUT2D eigenvalue weighted by molar-refractivity contribution is 5.79. The van der Waals surface area contributed by atoms with Crippen LogP contribution in [0.4, 0.5) is 11.8 Å². The fraction of sp³-hybridized carbons (Fsp3) is 0.778.